The number of fused-ring (bicyclic) bond motifs is 1. The summed E-state index contributed by atoms with van der Waals surface area (Å²) in [6.45, 7) is 2.23. The molecule has 2 nitrogen and oxygen atoms in total. The van der Waals surface area contributed by atoms with E-state index >= 15 is 0 Å². The predicted molar refractivity (Wildman–Crippen MR) is 91.0 cm³/mol. The van der Waals surface area contributed by atoms with Gasteiger partial charge in [-0.1, -0.05) is 49.4 Å². The molecule has 1 unspecified atom stereocenters. The molecule has 1 atom stereocenters. The molecule has 22 heavy (non-hydrogen) atoms. The number of rotatable bonds is 4. The Morgan fingerprint density at radius 3 is 1.95 bits per heavy atom. The van der Waals surface area contributed by atoms with Crippen LogP contribution in [0.2, 0.25) is 0 Å². The van der Waals surface area contributed by atoms with Crippen LogP contribution < -0.4 is 9.47 Å². The normalized spacial score (nSPS) is 12.1. The molecule has 0 N–H and O–H groups in total. The monoisotopic (exact) mass is 292 g/mol. The highest BCUT2D eigenvalue weighted by atomic mass is 16.5. The highest BCUT2D eigenvalue weighted by molar-refractivity contribution is 5.94. The van der Waals surface area contributed by atoms with Gasteiger partial charge in [0.2, 0.25) is 0 Å². The summed E-state index contributed by atoms with van der Waals surface area (Å²) >= 11 is 0. The van der Waals surface area contributed by atoms with Crippen LogP contribution in [0, 0.1) is 0 Å². The van der Waals surface area contributed by atoms with Crippen molar-refractivity contribution in [2.45, 2.75) is 12.8 Å². The minimum Gasteiger partial charge on any atom is -0.496 e. The second-order valence-electron chi connectivity index (χ2n) is 5.41. The maximum atomic E-state index is 5.51. The zero-order valence-corrected chi connectivity index (χ0v) is 13.2. The lowest BCUT2D eigenvalue weighted by Crippen LogP contribution is -1.97. The fourth-order valence-electron chi connectivity index (χ4n) is 2.87. The Labute approximate surface area is 131 Å². The lowest BCUT2D eigenvalue weighted by molar-refractivity contribution is 0.410. The molecule has 0 aliphatic heterocycles. The van der Waals surface area contributed by atoms with E-state index in [4.69, 9.17) is 9.47 Å². The molecule has 3 aromatic rings. The summed E-state index contributed by atoms with van der Waals surface area (Å²) in [5, 5.41) is 2.16. The number of ether oxygens (including phenoxy) is 2. The van der Waals surface area contributed by atoms with Crippen molar-refractivity contribution in [3.05, 3.63) is 71.8 Å². The van der Waals surface area contributed by atoms with Crippen molar-refractivity contribution >= 4 is 10.8 Å². The van der Waals surface area contributed by atoms with Gasteiger partial charge in [-0.05, 0) is 29.3 Å². The van der Waals surface area contributed by atoms with Gasteiger partial charge in [0.25, 0.3) is 0 Å². The van der Waals surface area contributed by atoms with Gasteiger partial charge in [0.1, 0.15) is 11.5 Å². The van der Waals surface area contributed by atoms with E-state index < -0.39 is 0 Å². The fraction of sp³-hybridized carbons (Fsp3) is 0.200. The minimum absolute atomic E-state index is 0.335. The fourth-order valence-corrected chi connectivity index (χ4v) is 2.87. The Morgan fingerprint density at radius 2 is 1.32 bits per heavy atom. The van der Waals surface area contributed by atoms with Gasteiger partial charge in [-0.2, -0.15) is 0 Å². The third-order valence-corrected chi connectivity index (χ3v) is 4.20. The lowest BCUT2D eigenvalue weighted by Gasteiger charge is -2.15. The molecule has 0 spiro atoms. The van der Waals surface area contributed by atoms with E-state index in [0.29, 0.717) is 5.92 Å². The van der Waals surface area contributed by atoms with Crippen LogP contribution in [0.1, 0.15) is 24.0 Å². The van der Waals surface area contributed by atoms with Crippen molar-refractivity contribution in [3.63, 3.8) is 0 Å². The van der Waals surface area contributed by atoms with Crippen LogP contribution in [0.4, 0.5) is 0 Å². The molecule has 0 aliphatic rings. The van der Waals surface area contributed by atoms with Gasteiger partial charge in [0.15, 0.2) is 0 Å². The summed E-state index contributed by atoms with van der Waals surface area (Å²) in [6, 6.07) is 20.9. The third kappa shape index (κ3) is 2.52. The Kier molecular flexibility index (Phi) is 4.01. The maximum absolute atomic E-state index is 5.51. The average Bonchev–Trinajstić information content (AvgIpc) is 2.60. The SMILES string of the molecule is COc1ccc(OC)c2cc(C(C)c3ccccc3)ccc12. The zero-order chi connectivity index (χ0) is 15.5. The van der Waals surface area contributed by atoms with Crippen molar-refractivity contribution in [1.82, 2.24) is 0 Å². The van der Waals surface area contributed by atoms with Crippen molar-refractivity contribution in [2.75, 3.05) is 14.2 Å². The zero-order valence-electron chi connectivity index (χ0n) is 13.2. The van der Waals surface area contributed by atoms with Gasteiger partial charge in [0.05, 0.1) is 14.2 Å². The molecule has 0 aromatic heterocycles. The maximum Gasteiger partial charge on any atom is 0.126 e. The topological polar surface area (TPSA) is 18.5 Å². The van der Waals surface area contributed by atoms with E-state index in [-0.39, 0.29) is 0 Å². The predicted octanol–water partition coefficient (Wildman–Crippen LogP) is 5.01. The summed E-state index contributed by atoms with van der Waals surface area (Å²) < 4.78 is 11.0. The molecule has 0 radical (unpaired) electrons. The second kappa shape index (κ2) is 6.10. The largest absolute Gasteiger partial charge is 0.496 e. The van der Waals surface area contributed by atoms with Gasteiger partial charge in [0, 0.05) is 16.7 Å². The first-order valence-corrected chi connectivity index (χ1v) is 7.44. The molecule has 0 saturated carbocycles. The molecule has 0 fully saturated rings. The molecule has 0 aliphatic carbocycles. The number of hydrogen-bond acceptors (Lipinski definition) is 2. The molecule has 112 valence electrons. The molecule has 0 amide bonds. The van der Waals surface area contributed by atoms with Crippen LogP contribution in [-0.2, 0) is 0 Å². The van der Waals surface area contributed by atoms with E-state index in [1.807, 2.05) is 18.2 Å². The van der Waals surface area contributed by atoms with Crippen molar-refractivity contribution in [3.8, 4) is 11.5 Å². The summed E-state index contributed by atoms with van der Waals surface area (Å²) in [6.07, 6.45) is 0. The first kappa shape index (κ1) is 14.5. The highest BCUT2D eigenvalue weighted by Gasteiger charge is 2.12. The van der Waals surface area contributed by atoms with Crippen LogP contribution in [-0.4, -0.2) is 14.2 Å². The lowest BCUT2D eigenvalue weighted by atomic mass is 9.91. The first-order chi connectivity index (χ1) is 10.7. The minimum atomic E-state index is 0.335. The van der Waals surface area contributed by atoms with E-state index in [9.17, 15) is 0 Å². The van der Waals surface area contributed by atoms with Gasteiger partial charge < -0.3 is 9.47 Å². The molecular formula is C20H20O2. The molecule has 0 heterocycles. The quantitative estimate of drug-likeness (QED) is 0.673. The van der Waals surface area contributed by atoms with Gasteiger partial charge in [-0.3, -0.25) is 0 Å². The standard InChI is InChI=1S/C20H20O2/c1-14(15-7-5-4-6-8-15)16-9-10-17-18(13-16)20(22-3)12-11-19(17)21-2/h4-14H,1-3H3. The van der Waals surface area contributed by atoms with E-state index in [0.717, 1.165) is 22.3 Å². The summed E-state index contributed by atoms with van der Waals surface area (Å²) in [4.78, 5) is 0. The van der Waals surface area contributed by atoms with Gasteiger partial charge in [-0.25, -0.2) is 0 Å². The Hall–Kier alpha value is -2.48. The van der Waals surface area contributed by atoms with E-state index in [2.05, 4.69) is 49.4 Å². The molecular weight excluding hydrogens is 272 g/mol. The van der Waals surface area contributed by atoms with Crippen molar-refractivity contribution in [2.24, 2.45) is 0 Å². The summed E-state index contributed by atoms with van der Waals surface area (Å²) in [7, 11) is 3.40. The van der Waals surface area contributed by atoms with E-state index in [1.54, 1.807) is 14.2 Å². The van der Waals surface area contributed by atoms with E-state index in [1.165, 1.54) is 11.1 Å². The van der Waals surface area contributed by atoms with Crippen molar-refractivity contribution in [1.29, 1.82) is 0 Å². The smallest absolute Gasteiger partial charge is 0.126 e. The highest BCUT2D eigenvalue weighted by Crippen LogP contribution is 2.36. The number of hydrogen-bond donors (Lipinski definition) is 0. The summed E-state index contributed by atoms with van der Waals surface area (Å²) in [5.41, 5.74) is 2.58. The number of methoxy groups -OCH3 is 2. The average molecular weight is 292 g/mol. The van der Waals surface area contributed by atoms with Crippen LogP contribution in [0.15, 0.2) is 60.7 Å². The Morgan fingerprint density at radius 1 is 0.682 bits per heavy atom. The third-order valence-electron chi connectivity index (χ3n) is 4.20. The van der Waals surface area contributed by atoms with Crippen LogP contribution in [0.3, 0.4) is 0 Å². The molecule has 2 heteroatoms. The number of benzene rings is 3. The molecule has 3 rings (SSSR count). The Bertz CT molecular complexity index is 778. The van der Waals surface area contributed by atoms with Crippen LogP contribution in [0.5, 0.6) is 11.5 Å². The van der Waals surface area contributed by atoms with Crippen molar-refractivity contribution < 1.29 is 9.47 Å². The van der Waals surface area contributed by atoms with Crippen LogP contribution >= 0.6 is 0 Å². The molecule has 3 aromatic carbocycles. The molecule has 0 saturated heterocycles. The van der Waals surface area contributed by atoms with Gasteiger partial charge in [-0.15, -0.1) is 0 Å². The van der Waals surface area contributed by atoms with Gasteiger partial charge >= 0.3 is 0 Å². The Balaban J connectivity index is 2.13. The summed E-state index contributed by atoms with van der Waals surface area (Å²) in [5.74, 6) is 2.08. The first-order valence-electron chi connectivity index (χ1n) is 7.44. The second-order valence-corrected chi connectivity index (χ2v) is 5.41. The molecule has 0 bridgehead atoms. The van der Waals surface area contributed by atoms with Crippen LogP contribution in [0.25, 0.3) is 10.8 Å².